The van der Waals surface area contributed by atoms with Crippen LogP contribution >= 0.6 is 0 Å². The molecule has 2 heteroatoms. The highest BCUT2D eigenvalue weighted by Gasteiger charge is 2.01. The molecule has 0 bridgehead atoms. The molecule has 0 aliphatic heterocycles. The fraction of sp³-hybridized carbons (Fsp3) is 0.375. The lowest BCUT2D eigenvalue weighted by Crippen LogP contribution is -1.99. The van der Waals surface area contributed by atoms with E-state index in [1.807, 2.05) is 0 Å². The van der Waals surface area contributed by atoms with E-state index in [9.17, 15) is 4.79 Å². The van der Waals surface area contributed by atoms with E-state index in [0.29, 0.717) is 11.5 Å². The summed E-state index contributed by atoms with van der Waals surface area (Å²) in [5, 5.41) is 0. The standard InChI is InChI=1S/C8H12O2/c1-5-8(7(4)9)10-6(2)3/h5H,2H2,1,3-4H3. The number of hydrogen-bond acceptors (Lipinski definition) is 2. The second-order valence-corrected chi connectivity index (χ2v) is 2.01. The monoisotopic (exact) mass is 140 g/mol. The number of ketones is 1. The zero-order chi connectivity index (χ0) is 8.15. The van der Waals surface area contributed by atoms with Crippen LogP contribution in [0, 0.1) is 0 Å². The number of carbonyl (C=O) groups excluding carboxylic acids is 1. The quantitative estimate of drug-likeness (QED) is 0.443. The van der Waals surface area contributed by atoms with Gasteiger partial charge in [0.1, 0.15) is 0 Å². The van der Waals surface area contributed by atoms with E-state index in [1.165, 1.54) is 6.92 Å². The Morgan fingerprint density at radius 3 is 2.10 bits per heavy atom. The third-order valence-electron chi connectivity index (χ3n) is 0.893. The molecule has 0 heterocycles. The summed E-state index contributed by atoms with van der Waals surface area (Å²) in [5.74, 6) is 0.807. The average Bonchev–Trinajstić information content (AvgIpc) is 1.81. The molecule has 0 fully saturated rings. The molecule has 0 saturated heterocycles. The van der Waals surface area contributed by atoms with Crippen LogP contribution in [0.5, 0.6) is 0 Å². The first kappa shape index (κ1) is 8.95. The first-order valence-corrected chi connectivity index (χ1v) is 3.08. The summed E-state index contributed by atoms with van der Waals surface area (Å²) in [4.78, 5) is 10.7. The minimum absolute atomic E-state index is 0.0782. The Labute approximate surface area is 61.2 Å². The van der Waals surface area contributed by atoms with Crippen molar-refractivity contribution in [3.63, 3.8) is 0 Å². The molecule has 0 aromatic rings. The van der Waals surface area contributed by atoms with Crippen LogP contribution in [0.3, 0.4) is 0 Å². The molecule has 10 heavy (non-hydrogen) atoms. The zero-order valence-electron chi connectivity index (χ0n) is 6.60. The minimum atomic E-state index is -0.0782. The van der Waals surface area contributed by atoms with Crippen LogP contribution in [0.2, 0.25) is 0 Å². The van der Waals surface area contributed by atoms with Crippen molar-refractivity contribution in [1.82, 2.24) is 0 Å². The first-order chi connectivity index (χ1) is 4.57. The van der Waals surface area contributed by atoms with Gasteiger partial charge in [0, 0.05) is 6.92 Å². The number of carbonyl (C=O) groups is 1. The molecule has 0 radical (unpaired) electrons. The van der Waals surface area contributed by atoms with Gasteiger partial charge >= 0.3 is 0 Å². The van der Waals surface area contributed by atoms with Crippen LogP contribution in [0.15, 0.2) is 24.2 Å². The number of rotatable bonds is 3. The number of Topliss-reactive ketones (excluding diaryl/α,β-unsaturated/α-hetero) is 1. The van der Waals surface area contributed by atoms with Gasteiger partial charge in [0.15, 0.2) is 11.5 Å². The lowest BCUT2D eigenvalue weighted by Gasteiger charge is -2.03. The fourth-order valence-corrected chi connectivity index (χ4v) is 0.522. The summed E-state index contributed by atoms with van der Waals surface area (Å²) in [7, 11) is 0. The molecule has 0 aromatic heterocycles. The van der Waals surface area contributed by atoms with Crippen molar-refractivity contribution in [2.24, 2.45) is 0 Å². The molecule has 0 aliphatic rings. The summed E-state index contributed by atoms with van der Waals surface area (Å²) in [6.45, 7) is 8.42. The molecule has 0 atom stereocenters. The Morgan fingerprint density at radius 2 is 2.00 bits per heavy atom. The fourth-order valence-electron chi connectivity index (χ4n) is 0.522. The Kier molecular flexibility index (Phi) is 3.47. The SMILES string of the molecule is C=C(C)OC(=CC)C(C)=O. The van der Waals surface area contributed by atoms with Crippen LogP contribution in [-0.2, 0) is 9.53 Å². The Bertz CT molecular complexity index is 178. The summed E-state index contributed by atoms with van der Waals surface area (Å²) in [6.07, 6.45) is 1.62. The average molecular weight is 140 g/mol. The number of allylic oxidation sites excluding steroid dienone is 3. The largest absolute Gasteiger partial charge is 0.459 e. The second kappa shape index (κ2) is 3.88. The summed E-state index contributed by atoms with van der Waals surface area (Å²) in [6, 6.07) is 0. The Morgan fingerprint density at radius 1 is 1.50 bits per heavy atom. The molecule has 0 saturated carbocycles. The highest BCUT2D eigenvalue weighted by atomic mass is 16.5. The van der Waals surface area contributed by atoms with Crippen LogP contribution in [0.1, 0.15) is 20.8 Å². The highest BCUT2D eigenvalue weighted by Crippen LogP contribution is 2.03. The Balaban J connectivity index is 4.12. The smallest absolute Gasteiger partial charge is 0.194 e. The van der Waals surface area contributed by atoms with Crippen molar-refractivity contribution in [2.75, 3.05) is 0 Å². The highest BCUT2D eigenvalue weighted by molar-refractivity contribution is 5.91. The van der Waals surface area contributed by atoms with Gasteiger partial charge in [-0.3, -0.25) is 4.79 Å². The molecular formula is C8H12O2. The zero-order valence-corrected chi connectivity index (χ0v) is 6.60. The first-order valence-electron chi connectivity index (χ1n) is 3.08. The molecule has 0 rings (SSSR count). The normalized spacial score (nSPS) is 10.9. The van der Waals surface area contributed by atoms with Gasteiger partial charge in [0.25, 0.3) is 0 Å². The van der Waals surface area contributed by atoms with Crippen molar-refractivity contribution >= 4 is 5.78 Å². The van der Waals surface area contributed by atoms with Crippen LogP contribution in [0.4, 0.5) is 0 Å². The molecule has 0 aliphatic carbocycles. The maximum absolute atomic E-state index is 10.7. The summed E-state index contributed by atoms with van der Waals surface area (Å²) < 4.78 is 4.98. The van der Waals surface area contributed by atoms with E-state index in [2.05, 4.69) is 6.58 Å². The predicted octanol–water partition coefficient (Wildman–Crippen LogP) is 2.03. The van der Waals surface area contributed by atoms with E-state index < -0.39 is 0 Å². The van der Waals surface area contributed by atoms with E-state index in [0.717, 1.165) is 0 Å². The van der Waals surface area contributed by atoms with E-state index in [4.69, 9.17) is 4.74 Å². The molecule has 0 aromatic carbocycles. The van der Waals surface area contributed by atoms with E-state index in [-0.39, 0.29) is 5.78 Å². The second-order valence-electron chi connectivity index (χ2n) is 2.01. The van der Waals surface area contributed by atoms with Crippen molar-refractivity contribution in [2.45, 2.75) is 20.8 Å². The molecule has 0 unspecified atom stereocenters. The molecular weight excluding hydrogens is 128 g/mol. The third-order valence-corrected chi connectivity index (χ3v) is 0.893. The predicted molar refractivity (Wildman–Crippen MR) is 40.3 cm³/mol. The van der Waals surface area contributed by atoms with Crippen molar-refractivity contribution < 1.29 is 9.53 Å². The summed E-state index contributed by atoms with van der Waals surface area (Å²) >= 11 is 0. The van der Waals surface area contributed by atoms with E-state index in [1.54, 1.807) is 19.9 Å². The van der Waals surface area contributed by atoms with Crippen LogP contribution in [-0.4, -0.2) is 5.78 Å². The molecule has 2 nitrogen and oxygen atoms in total. The molecule has 0 N–H and O–H groups in total. The van der Waals surface area contributed by atoms with Crippen molar-refractivity contribution in [3.8, 4) is 0 Å². The lowest BCUT2D eigenvalue weighted by atomic mass is 10.3. The van der Waals surface area contributed by atoms with Gasteiger partial charge in [0.05, 0.1) is 5.76 Å². The lowest BCUT2D eigenvalue weighted by molar-refractivity contribution is -0.116. The van der Waals surface area contributed by atoms with Gasteiger partial charge in [0.2, 0.25) is 0 Å². The topological polar surface area (TPSA) is 26.3 Å². The minimum Gasteiger partial charge on any atom is -0.459 e. The molecule has 0 amide bonds. The Hall–Kier alpha value is -1.05. The van der Waals surface area contributed by atoms with Gasteiger partial charge in [-0.1, -0.05) is 6.58 Å². The van der Waals surface area contributed by atoms with Gasteiger partial charge in [-0.25, -0.2) is 0 Å². The van der Waals surface area contributed by atoms with Crippen molar-refractivity contribution in [3.05, 3.63) is 24.2 Å². The number of hydrogen-bond donors (Lipinski definition) is 0. The summed E-state index contributed by atoms with van der Waals surface area (Å²) in [5.41, 5.74) is 0. The molecule has 0 spiro atoms. The van der Waals surface area contributed by atoms with Gasteiger partial charge < -0.3 is 4.74 Å². The maximum Gasteiger partial charge on any atom is 0.194 e. The number of ether oxygens (including phenoxy) is 1. The van der Waals surface area contributed by atoms with Gasteiger partial charge in [-0.2, -0.15) is 0 Å². The van der Waals surface area contributed by atoms with Gasteiger partial charge in [-0.05, 0) is 19.9 Å². The third kappa shape index (κ3) is 3.07. The van der Waals surface area contributed by atoms with E-state index >= 15 is 0 Å². The maximum atomic E-state index is 10.7. The molecule has 56 valence electrons. The van der Waals surface area contributed by atoms with Crippen LogP contribution in [0.25, 0.3) is 0 Å². The van der Waals surface area contributed by atoms with Crippen molar-refractivity contribution in [1.29, 1.82) is 0 Å². The van der Waals surface area contributed by atoms with Gasteiger partial charge in [-0.15, -0.1) is 0 Å². The van der Waals surface area contributed by atoms with Crippen LogP contribution < -0.4 is 0 Å².